The molecule has 3 aliphatic heterocycles. The number of nitrogen functional groups attached to an aromatic ring is 1. The SMILES string of the molecule is CC(OC(=O)NCC#Cc1cn([C@H]2CC[C@@H](COP(=O)(O)OP(=O)(O)OP(=O)(O)O)O2)c(=O)nc1N)c1cc(CNC(=O)CCCCCNC(=O)CCCC[C@@H]2SC[C@@H]3NC(=O)N[C@@H]32)ccc1[N+](=O)[O-]. The van der Waals surface area contributed by atoms with Crippen LogP contribution >= 0.6 is 35.2 Å². The van der Waals surface area contributed by atoms with Crippen LogP contribution in [0.3, 0.4) is 0 Å². The molecule has 1 aromatic heterocycles. The zero-order valence-electron chi connectivity index (χ0n) is 37.5. The Morgan fingerprint density at radius 1 is 1.01 bits per heavy atom. The summed E-state index contributed by atoms with van der Waals surface area (Å²) in [6.45, 7) is 0.914. The van der Waals surface area contributed by atoms with Crippen LogP contribution in [0, 0.1) is 22.0 Å². The number of hydrogen-bond donors (Lipinski definition) is 10. The first-order chi connectivity index (χ1) is 33.0. The summed E-state index contributed by atoms with van der Waals surface area (Å²) in [5, 5.41) is 26.2. The molecule has 8 atom stereocenters. The number of carbonyl (C=O) groups excluding carboxylic acids is 4. The number of nitrogens with one attached hydrogen (secondary N) is 5. The van der Waals surface area contributed by atoms with E-state index in [1.54, 1.807) is 0 Å². The van der Waals surface area contributed by atoms with Crippen LogP contribution in [0.4, 0.5) is 21.1 Å². The van der Waals surface area contributed by atoms with Gasteiger partial charge >= 0.3 is 41.3 Å². The maximum absolute atomic E-state index is 12.7. The number of urea groups is 1. The van der Waals surface area contributed by atoms with Crippen molar-refractivity contribution in [2.75, 3.05) is 31.2 Å². The number of amides is 5. The molecule has 3 aliphatic rings. The molecule has 70 heavy (non-hydrogen) atoms. The number of nitrogens with zero attached hydrogens (tertiary/aromatic N) is 3. The summed E-state index contributed by atoms with van der Waals surface area (Å²) in [5.41, 5.74) is 5.29. The monoisotopic (exact) mass is 1070 g/mol. The lowest BCUT2D eigenvalue weighted by Gasteiger charge is -2.19. The van der Waals surface area contributed by atoms with Crippen molar-refractivity contribution in [1.29, 1.82) is 0 Å². The predicted molar refractivity (Wildman–Crippen MR) is 246 cm³/mol. The first-order valence-corrected chi connectivity index (χ1v) is 27.3. The van der Waals surface area contributed by atoms with E-state index >= 15 is 0 Å². The lowest BCUT2D eigenvalue weighted by molar-refractivity contribution is -0.386. The number of hydrogen-bond acceptors (Lipinski definition) is 18. The first kappa shape index (κ1) is 56.0. The Bertz CT molecular complexity index is 2520. The Balaban J connectivity index is 0.994. The molecule has 1 aromatic carbocycles. The van der Waals surface area contributed by atoms with E-state index in [-0.39, 0.29) is 84.9 Å². The third-order valence-electron chi connectivity index (χ3n) is 10.7. The lowest BCUT2D eigenvalue weighted by atomic mass is 10.0. The number of fused-ring (bicyclic) bond motifs is 1. The highest BCUT2D eigenvalue weighted by atomic mass is 32.2. The molecular weight excluding hydrogens is 1010 g/mol. The molecule has 2 aromatic rings. The number of aromatic nitrogens is 2. The standard InChI is InChI=1S/C38H54N9O19P3S/c1-23(63-38(52)41-17-7-8-25-20-46(37(51)45-35(25)39)33-15-13-26(64-33)21-62-68(58,59)66-69(60,61)65-67(55,56)57)27-18-24(12-14-29(27)47(53)54)19-42-32(49)10-3-2-6-16-40-31(48)11-5-4-9-30-34-28(22-70-30)43-36(50)44-34/h12,14,18,20,23,26,28,30,33-34H,2-6,9-11,13,15-17,19,21-22H2,1H3,(H,40,48)(H,41,52)(H,42,49)(H,58,59)(H,60,61)(H2,39,45,51)(H2,43,44,50)(H2,55,56,57)/t23?,26-,28-,30-,33+,34-/m0/s1. The minimum atomic E-state index is -5.73. The van der Waals surface area contributed by atoms with Gasteiger partial charge in [0.25, 0.3) is 5.69 Å². The average Bonchev–Trinajstić information content (AvgIpc) is 3.99. The van der Waals surface area contributed by atoms with Gasteiger partial charge in [0.2, 0.25) is 11.8 Å². The van der Waals surface area contributed by atoms with Crippen LogP contribution in [0.25, 0.3) is 0 Å². The molecule has 3 fully saturated rings. The van der Waals surface area contributed by atoms with Gasteiger partial charge in [0.15, 0.2) is 0 Å². The quantitative estimate of drug-likeness (QED) is 0.0171. The van der Waals surface area contributed by atoms with Crippen molar-refractivity contribution in [3.8, 4) is 11.8 Å². The van der Waals surface area contributed by atoms with Gasteiger partial charge in [0.1, 0.15) is 18.1 Å². The van der Waals surface area contributed by atoms with Crippen LogP contribution in [-0.2, 0) is 52.4 Å². The van der Waals surface area contributed by atoms with E-state index < -0.39 is 65.2 Å². The highest BCUT2D eigenvalue weighted by molar-refractivity contribution is 8.00. The van der Waals surface area contributed by atoms with Crippen LogP contribution in [0.2, 0.25) is 0 Å². The molecule has 3 unspecified atom stereocenters. The minimum Gasteiger partial charge on any atom is -0.441 e. The fraction of sp³-hybridized carbons (Fsp3) is 0.579. The van der Waals surface area contributed by atoms with Crippen molar-refractivity contribution in [1.82, 2.24) is 36.1 Å². The third-order valence-corrected chi connectivity index (χ3v) is 16.1. The predicted octanol–water partition coefficient (Wildman–Crippen LogP) is 2.61. The van der Waals surface area contributed by atoms with Crippen LogP contribution < -0.4 is 38.0 Å². The van der Waals surface area contributed by atoms with E-state index in [1.165, 1.54) is 31.3 Å². The molecule has 11 N–H and O–H groups in total. The van der Waals surface area contributed by atoms with Crippen LogP contribution in [0.15, 0.2) is 29.2 Å². The summed E-state index contributed by atoms with van der Waals surface area (Å²) >= 11 is 1.85. The largest absolute Gasteiger partial charge is 0.490 e. The van der Waals surface area contributed by atoms with E-state index in [1.807, 2.05) is 11.8 Å². The summed E-state index contributed by atoms with van der Waals surface area (Å²) < 4.78 is 58.4. The first-order valence-electron chi connectivity index (χ1n) is 21.7. The summed E-state index contributed by atoms with van der Waals surface area (Å²) in [4.78, 5) is 113. The van der Waals surface area contributed by atoms with Crippen molar-refractivity contribution in [3.05, 3.63) is 61.7 Å². The Labute approximate surface area is 403 Å². The maximum Gasteiger partial charge on any atom is 0.490 e. The number of rotatable bonds is 25. The molecule has 0 radical (unpaired) electrons. The third kappa shape index (κ3) is 18.0. The number of thioether (sulfide) groups is 1. The zero-order chi connectivity index (χ0) is 51.2. The molecule has 0 aliphatic carbocycles. The van der Waals surface area contributed by atoms with Gasteiger partial charge in [-0.2, -0.15) is 25.4 Å². The van der Waals surface area contributed by atoms with Gasteiger partial charge < -0.3 is 61.4 Å². The van der Waals surface area contributed by atoms with E-state index in [0.29, 0.717) is 43.0 Å². The summed E-state index contributed by atoms with van der Waals surface area (Å²) in [6, 6.07) is 4.38. The molecule has 386 valence electrons. The molecule has 5 rings (SSSR count). The van der Waals surface area contributed by atoms with Gasteiger partial charge in [0.05, 0.1) is 47.4 Å². The number of anilines is 1. The molecular formula is C38H54N9O19P3S. The fourth-order valence-electron chi connectivity index (χ4n) is 7.47. The van der Waals surface area contributed by atoms with Crippen molar-refractivity contribution in [2.45, 2.75) is 113 Å². The van der Waals surface area contributed by atoms with Crippen molar-refractivity contribution in [3.63, 3.8) is 0 Å². The molecule has 0 spiro atoms. The Morgan fingerprint density at radius 3 is 2.47 bits per heavy atom. The second kappa shape index (κ2) is 25.4. The van der Waals surface area contributed by atoms with Gasteiger partial charge in [-0.15, -0.1) is 0 Å². The fourth-order valence-corrected chi connectivity index (χ4v) is 12.1. The van der Waals surface area contributed by atoms with Gasteiger partial charge in [-0.3, -0.25) is 28.8 Å². The van der Waals surface area contributed by atoms with Gasteiger partial charge in [-0.05, 0) is 57.1 Å². The number of ether oxygens (including phenoxy) is 2. The second-order valence-electron chi connectivity index (χ2n) is 16.1. The molecule has 4 heterocycles. The topological polar surface area (TPSA) is 411 Å². The van der Waals surface area contributed by atoms with E-state index in [9.17, 15) is 57.6 Å². The number of benzene rings is 1. The number of phosphoric ester groups is 1. The van der Waals surface area contributed by atoms with Crippen LogP contribution in [-0.4, -0.2) is 107 Å². The molecule has 32 heteroatoms. The number of carbonyl (C=O) groups is 4. The van der Waals surface area contributed by atoms with E-state index in [0.717, 1.165) is 29.6 Å². The number of alkyl carbamates (subject to hydrolysis) is 1. The van der Waals surface area contributed by atoms with E-state index in [4.69, 9.17) is 25.0 Å². The number of nitro benzene ring substituents is 1. The molecule has 0 saturated carbocycles. The Morgan fingerprint density at radius 2 is 1.74 bits per heavy atom. The normalized spacial score (nSPS) is 21.7. The Hall–Kier alpha value is -4.94. The number of phosphoric acid groups is 3. The average molecular weight is 1070 g/mol. The summed E-state index contributed by atoms with van der Waals surface area (Å²) in [6.07, 6.45) is 2.57. The van der Waals surface area contributed by atoms with Crippen molar-refractivity contribution >= 4 is 70.7 Å². The van der Waals surface area contributed by atoms with Crippen molar-refractivity contribution in [2.24, 2.45) is 0 Å². The minimum absolute atomic E-state index is 0.0213. The summed E-state index contributed by atoms with van der Waals surface area (Å²) in [7, 11) is -16.7. The second-order valence-corrected chi connectivity index (χ2v) is 21.8. The Kier molecular flexibility index (Phi) is 20.3. The van der Waals surface area contributed by atoms with Gasteiger partial charge in [-0.1, -0.05) is 30.7 Å². The summed E-state index contributed by atoms with van der Waals surface area (Å²) in [5.74, 6) is 5.61. The smallest absolute Gasteiger partial charge is 0.441 e. The zero-order valence-corrected chi connectivity index (χ0v) is 41.0. The number of nitro groups is 1. The van der Waals surface area contributed by atoms with Crippen LogP contribution in [0.1, 0.15) is 100 Å². The van der Waals surface area contributed by atoms with Crippen LogP contribution in [0.5, 0.6) is 0 Å². The van der Waals surface area contributed by atoms with E-state index in [2.05, 4.69) is 56.6 Å². The molecule has 28 nitrogen and oxygen atoms in total. The van der Waals surface area contributed by atoms with Gasteiger partial charge in [-0.25, -0.2) is 28.1 Å². The number of nitrogens with two attached hydrogens (primary N) is 1. The molecule has 5 amide bonds. The molecule has 3 saturated heterocycles. The highest BCUT2D eigenvalue weighted by Gasteiger charge is 2.43. The lowest BCUT2D eigenvalue weighted by Crippen LogP contribution is -2.36. The maximum atomic E-state index is 12.7. The number of unbranched alkanes of at least 4 members (excludes halogenated alkanes) is 3. The van der Waals surface area contributed by atoms with Gasteiger partial charge in [0, 0.05) is 49.2 Å². The van der Waals surface area contributed by atoms with Crippen molar-refractivity contribution < 1.29 is 80.0 Å². The highest BCUT2D eigenvalue weighted by Crippen LogP contribution is 2.66. The molecule has 0 bridgehead atoms.